The molecule has 0 N–H and O–H groups in total. The summed E-state index contributed by atoms with van der Waals surface area (Å²) >= 11 is 0. The first-order valence-electron chi connectivity index (χ1n) is 11.1. The van der Waals surface area contributed by atoms with Gasteiger partial charge >= 0.3 is 5.97 Å². The van der Waals surface area contributed by atoms with Crippen LogP contribution in [0, 0.1) is 0 Å². The fourth-order valence-electron chi connectivity index (χ4n) is 3.48. The van der Waals surface area contributed by atoms with Crippen molar-refractivity contribution in [3.8, 4) is 5.69 Å². The van der Waals surface area contributed by atoms with Crippen LogP contribution in [0.1, 0.15) is 65.2 Å². The Morgan fingerprint density at radius 1 is 1.06 bits per heavy atom. The SMILES string of the molecule is CCOC(=O)c1cc(C(C)CC)n(-c2ccc(C(=O)N(C)CCc3ccccc3)cc2)n1. The third kappa shape index (κ3) is 5.44. The summed E-state index contributed by atoms with van der Waals surface area (Å²) in [4.78, 5) is 26.8. The van der Waals surface area contributed by atoms with Crippen molar-refractivity contribution in [2.75, 3.05) is 20.2 Å². The Morgan fingerprint density at radius 2 is 1.75 bits per heavy atom. The van der Waals surface area contributed by atoms with Gasteiger partial charge in [0.2, 0.25) is 0 Å². The minimum absolute atomic E-state index is 0.0256. The Hall–Kier alpha value is -3.41. The molecule has 0 saturated carbocycles. The van der Waals surface area contributed by atoms with E-state index < -0.39 is 5.97 Å². The van der Waals surface area contributed by atoms with Crippen molar-refractivity contribution >= 4 is 11.9 Å². The second-order valence-electron chi connectivity index (χ2n) is 7.91. The predicted octanol–water partition coefficient (Wildman–Crippen LogP) is 4.88. The lowest BCUT2D eigenvalue weighted by atomic mass is 10.0. The first-order valence-corrected chi connectivity index (χ1v) is 11.1. The maximum absolute atomic E-state index is 12.8. The van der Waals surface area contributed by atoms with Gasteiger partial charge in [-0.3, -0.25) is 4.79 Å². The number of hydrogen-bond donors (Lipinski definition) is 0. The maximum Gasteiger partial charge on any atom is 0.358 e. The Morgan fingerprint density at radius 3 is 2.38 bits per heavy atom. The highest BCUT2D eigenvalue weighted by Crippen LogP contribution is 2.24. The number of amides is 1. The van der Waals surface area contributed by atoms with Crippen molar-refractivity contribution in [1.82, 2.24) is 14.7 Å². The molecule has 1 atom stereocenters. The minimum atomic E-state index is -0.428. The number of nitrogens with zero attached hydrogens (tertiary/aromatic N) is 3. The summed E-state index contributed by atoms with van der Waals surface area (Å²) in [6.07, 6.45) is 1.72. The predicted molar refractivity (Wildman–Crippen MR) is 125 cm³/mol. The monoisotopic (exact) mass is 433 g/mol. The Bertz CT molecular complexity index is 1040. The van der Waals surface area contributed by atoms with E-state index in [0.29, 0.717) is 24.4 Å². The van der Waals surface area contributed by atoms with Crippen molar-refractivity contribution < 1.29 is 14.3 Å². The van der Waals surface area contributed by atoms with E-state index in [4.69, 9.17) is 4.74 Å². The Kier molecular flexibility index (Phi) is 7.82. The van der Waals surface area contributed by atoms with Crippen LogP contribution in [0.25, 0.3) is 5.69 Å². The number of rotatable bonds is 9. The van der Waals surface area contributed by atoms with Gasteiger partial charge in [-0.1, -0.05) is 44.2 Å². The van der Waals surface area contributed by atoms with Crippen LogP contribution in [0.5, 0.6) is 0 Å². The van der Waals surface area contributed by atoms with Crippen LogP contribution in [0.4, 0.5) is 0 Å². The summed E-state index contributed by atoms with van der Waals surface area (Å²) in [6.45, 7) is 6.92. The fraction of sp³-hybridized carbons (Fsp3) is 0.346. The van der Waals surface area contributed by atoms with Gasteiger partial charge in [0.25, 0.3) is 5.91 Å². The number of likely N-dealkylation sites (N-methyl/N-ethyl adjacent to an activating group) is 1. The number of esters is 1. The number of carbonyl (C=O) groups is 2. The summed E-state index contributed by atoms with van der Waals surface area (Å²) in [5, 5.41) is 4.49. The topological polar surface area (TPSA) is 64.4 Å². The molecule has 0 bridgehead atoms. The molecule has 1 aromatic heterocycles. The molecular weight excluding hydrogens is 402 g/mol. The van der Waals surface area contributed by atoms with Crippen LogP contribution in [-0.2, 0) is 11.2 Å². The van der Waals surface area contributed by atoms with Crippen LogP contribution in [-0.4, -0.2) is 46.8 Å². The van der Waals surface area contributed by atoms with E-state index in [2.05, 4.69) is 31.1 Å². The summed E-state index contributed by atoms with van der Waals surface area (Å²) in [5.41, 5.74) is 3.86. The third-order valence-corrected chi connectivity index (χ3v) is 5.62. The second kappa shape index (κ2) is 10.8. The number of benzene rings is 2. The average molecular weight is 434 g/mol. The van der Waals surface area contributed by atoms with Gasteiger partial charge in [0, 0.05) is 24.8 Å². The molecule has 0 aliphatic carbocycles. The van der Waals surface area contributed by atoms with Gasteiger partial charge in [-0.25, -0.2) is 9.48 Å². The quantitative estimate of drug-likeness (QED) is 0.451. The van der Waals surface area contributed by atoms with Crippen LogP contribution in [0.2, 0.25) is 0 Å². The van der Waals surface area contributed by atoms with Crippen molar-refractivity contribution in [2.45, 2.75) is 39.5 Å². The summed E-state index contributed by atoms with van der Waals surface area (Å²) in [6, 6.07) is 19.3. The highest BCUT2D eigenvalue weighted by molar-refractivity contribution is 5.94. The van der Waals surface area contributed by atoms with Crippen molar-refractivity contribution in [1.29, 1.82) is 0 Å². The first kappa shape index (κ1) is 23.3. The molecule has 32 heavy (non-hydrogen) atoms. The number of ether oxygens (including phenoxy) is 1. The lowest BCUT2D eigenvalue weighted by Gasteiger charge is -2.18. The van der Waals surface area contributed by atoms with E-state index in [-0.39, 0.29) is 11.8 Å². The van der Waals surface area contributed by atoms with E-state index in [0.717, 1.165) is 24.2 Å². The minimum Gasteiger partial charge on any atom is -0.461 e. The molecule has 0 radical (unpaired) electrons. The molecule has 3 rings (SSSR count). The maximum atomic E-state index is 12.8. The van der Waals surface area contributed by atoms with E-state index in [1.54, 1.807) is 22.6 Å². The molecule has 0 fully saturated rings. The van der Waals surface area contributed by atoms with Crippen LogP contribution in [0.15, 0.2) is 60.7 Å². The van der Waals surface area contributed by atoms with Crippen LogP contribution >= 0.6 is 0 Å². The molecule has 0 spiro atoms. The molecule has 2 aromatic carbocycles. The lowest BCUT2D eigenvalue weighted by molar-refractivity contribution is 0.0518. The normalized spacial score (nSPS) is 11.8. The Labute approximate surface area is 189 Å². The largest absolute Gasteiger partial charge is 0.461 e. The molecule has 3 aromatic rings. The lowest BCUT2D eigenvalue weighted by Crippen LogP contribution is -2.28. The second-order valence-corrected chi connectivity index (χ2v) is 7.91. The highest BCUT2D eigenvalue weighted by atomic mass is 16.5. The van der Waals surface area contributed by atoms with Gasteiger partial charge in [-0.15, -0.1) is 0 Å². The number of aromatic nitrogens is 2. The summed E-state index contributed by atoms with van der Waals surface area (Å²) in [7, 11) is 1.82. The molecule has 6 nitrogen and oxygen atoms in total. The van der Waals surface area contributed by atoms with Gasteiger partial charge in [0.1, 0.15) is 0 Å². The zero-order chi connectivity index (χ0) is 23.1. The molecule has 1 amide bonds. The summed E-state index contributed by atoms with van der Waals surface area (Å²) in [5.74, 6) is -0.235. The molecular formula is C26H31N3O3. The fourth-order valence-corrected chi connectivity index (χ4v) is 3.48. The molecule has 6 heteroatoms. The van der Waals surface area contributed by atoms with Crippen molar-refractivity contribution in [3.63, 3.8) is 0 Å². The standard InChI is InChI=1S/C26H31N3O3/c1-5-19(3)24-18-23(26(31)32-6-2)27-29(24)22-14-12-21(13-15-22)25(30)28(4)17-16-20-10-8-7-9-11-20/h7-15,18-19H,5-6,16-17H2,1-4H3. The molecule has 0 aliphatic heterocycles. The first-order chi connectivity index (χ1) is 15.4. The van der Waals surface area contributed by atoms with Crippen molar-refractivity contribution in [3.05, 3.63) is 83.2 Å². The zero-order valence-electron chi connectivity index (χ0n) is 19.2. The number of hydrogen-bond acceptors (Lipinski definition) is 4. The van der Waals surface area contributed by atoms with E-state index in [9.17, 15) is 9.59 Å². The highest BCUT2D eigenvalue weighted by Gasteiger charge is 2.20. The van der Waals surface area contributed by atoms with E-state index in [1.807, 2.05) is 49.5 Å². The molecule has 168 valence electrons. The van der Waals surface area contributed by atoms with Gasteiger partial charge in [-0.05, 0) is 61.6 Å². The summed E-state index contributed by atoms with van der Waals surface area (Å²) < 4.78 is 6.88. The Balaban J connectivity index is 1.77. The average Bonchev–Trinajstić information content (AvgIpc) is 3.28. The van der Waals surface area contributed by atoms with Gasteiger partial charge in [0.15, 0.2) is 5.69 Å². The van der Waals surface area contributed by atoms with E-state index >= 15 is 0 Å². The van der Waals surface area contributed by atoms with Crippen LogP contribution in [0.3, 0.4) is 0 Å². The van der Waals surface area contributed by atoms with E-state index in [1.165, 1.54) is 5.56 Å². The van der Waals surface area contributed by atoms with Gasteiger partial charge in [-0.2, -0.15) is 5.10 Å². The zero-order valence-corrected chi connectivity index (χ0v) is 19.2. The van der Waals surface area contributed by atoms with Crippen molar-refractivity contribution in [2.24, 2.45) is 0 Å². The van der Waals surface area contributed by atoms with Gasteiger partial charge < -0.3 is 9.64 Å². The smallest absolute Gasteiger partial charge is 0.358 e. The third-order valence-electron chi connectivity index (χ3n) is 5.62. The van der Waals surface area contributed by atoms with Gasteiger partial charge in [0.05, 0.1) is 12.3 Å². The molecule has 1 heterocycles. The van der Waals surface area contributed by atoms with Crippen LogP contribution < -0.4 is 0 Å². The molecule has 0 saturated heterocycles. The molecule has 1 unspecified atom stereocenters. The number of carbonyl (C=O) groups excluding carboxylic acids is 2. The molecule has 0 aliphatic rings.